The Balaban J connectivity index is 1.82. The van der Waals surface area contributed by atoms with Crippen molar-refractivity contribution in [1.82, 2.24) is 0 Å². The van der Waals surface area contributed by atoms with Gasteiger partial charge in [0.1, 0.15) is 5.75 Å². The summed E-state index contributed by atoms with van der Waals surface area (Å²) >= 11 is 0. The summed E-state index contributed by atoms with van der Waals surface area (Å²) in [5.74, 6) is 0.327. The minimum atomic E-state index is -4.36. The van der Waals surface area contributed by atoms with Crippen molar-refractivity contribution >= 4 is 5.97 Å². The van der Waals surface area contributed by atoms with E-state index in [2.05, 4.69) is 0 Å². The number of carbonyl (C=O) groups excluding carboxylic acids is 1. The number of halogens is 3. The second-order valence-corrected chi connectivity index (χ2v) is 6.02. The smallest absolute Gasteiger partial charge is 0.416 e. The molecule has 2 aromatic rings. The number of alkyl halides is 3. The van der Waals surface area contributed by atoms with Gasteiger partial charge in [0.25, 0.3) is 0 Å². The average molecular weight is 366 g/mol. The summed E-state index contributed by atoms with van der Waals surface area (Å²) in [5.41, 5.74) is 0.910. The molecule has 0 fully saturated rings. The van der Waals surface area contributed by atoms with E-state index in [4.69, 9.17) is 9.47 Å². The molecule has 0 saturated heterocycles. The number of para-hydroxylation sites is 1. The highest BCUT2D eigenvalue weighted by Gasteiger charge is 2.29. The van der Waals surface area contributed by atoms with Crippen LogP contribution in [-0.2, 0) is 22.1 Å². The number of ether oxygens (including phenoxy) is 2. The largest absolute Gasteiger partial charge is 0.496 e. The lowest BCUT2D eigenvalue weighted by Crippen LogP contribution is -2.12. The van der Waals surface area contributed by atoms with Crippen molar-refractivity contribution in [2.45, 2.75) is 31.9 Å². The molecule has 0 amide bonds. The molecule has 0 aliphatic rings. The van der Waals surface area contributed by atoms with Gasteiger partial charge in [0.2, 0.25) is 0 Å². The van der Waals surface area contributed by atoms with Gasteiger partial charge in [0, 0.05) is 17.9 Å². The monoisotopic (exact) mass is 366 g/mol. The Hall–Kier alpha value is -2.50. The van der Waals surface area contributed by atoms with Crippen LogP contribution in [0.2, 0.25) is 0 Å². The number of aryl methyl sites for hydroxylation is 1. The van der Waals surface area contributed by atoms with Gasteiger partial charge in [-0.2, -0.15) is 13.2 Å². The quantitative estimate of drug-likeness (QED) is 0.648. The second-order valence-electron chi connectivity index (χ2n) is 6.02. The van der Waals surface area contributed by atoms with Gasteiger partial charge in [0.15, 0.2) is 0 Å². The molecule has 1 atom stereocenters. The fourth-order valence-corrected chi connectivity index (χ4v) is 2.56. The lowest BCUT2D eigenvalue weighted by Gasteiger charge is -2.15. The van der Waals surface area contributed by atoms with Gasteiger partial charge in [0.05, 0.1) is 19.3 Å². The third kappa shape index (κ3) is 5.51. The van der Waals surface area contributed by atoms with Crippen LogP contribution in [0.4, 0.5) is 13.2 Å². The predicted octanol–water partition coefficient (Wildman–Crippen LogP) is 4.99. The Morgan fingerprint density at radius 3 is 2.35 bits per heavy atom. The summed E-state index contributed by atoms with van der Waals surface area (Å²) in [6, 6.07) is 12.3. The maximum atomic E-state index is 12.5. The van der Waals surface area contributed by atoms with Crippen LogP contribution >= 0.6 is 0 Å². The molecule has 3 nitrogen and oxygen atoms in total. The normalized spacial score (nSPS) is 12.5. The average Bonchev–Trinajstić information content (AvgIpc) is 2.64. The van der Waals surface area contributed by atoms with Crippen LogP contribution in [0.3, 0.4) is 0 Å². The van der Waals surface area contributed by atoms with Crippen molar-refractivity contribution in [3.63, 3.8) is 0 Å². The number of carbonyl (C=O) groups is 1. The van der Waals surface area contributed by atoms with Crippen LogP contribution in [-0.4, -0.2) is 19.7 Å². The molecule has 0 aliphatic heterocycles. The van der Waals surface area contributed by atoms with Crippen LogP contribution in [0.5, 0.6) is 5.75 Å². The Morgan fingerprint density at radius 2 is 1.73 bits per heavy atom. The van der Waals surface area contributed by atoms with Crippen molar-refractivity contribution in [1.29, 1.82) is 0 Å². The van der Waals surface area contributed by atoms with E-state index < -0.39 is 11.7 Å². The maximum absolute atomic E-state index is 12.5. The molecule has 0 aliphatic carbocycles. The molecule has 0 radical (unpaired) electrons. The van der Waals surface area contributed by atoms with Crippen LogP contribution in [0.25, 0.3) is 0 Å². The van der Waals surface area contributed by atoms with E-state index in [0.717, 1.165) is 23.4 Å². The number of methoxy groups -OCH3 is 1. The molecule has 2 aromatic carbocycles. The van der Waals surface area contributed by atoms with Crippen LogP contribution in [0.15, 0.2) is 48.5 Å². The molecule has 26 heavy (non-hydrogen) atoms. The van der Waals surface area contributed by atoms with Crippen LogP contribution < -0.4 is 4.74 Å². The van der Waals surface area contributed by atoms with E-state index >= 15 is 0 Å². The van der Waals surface area contributed by atoms with Gasteiger partial charge in [-0.3, -0.25) is 4.79 Å². The minimum absolute atomic E-state index is 0.0267. The topological polar surface area (TPSA) is 35.5 Å². The predicted molar refractivity (Wildman–Crippen MR) is 92.1 cm³/mol. The van der Waals surface area contributed by atoms with Gasteiger partial charge < -0.3 is 9.47 Å². The first-order valence-corrected chi connectivity index (χ1v) is 8.26. The second kappa shape index (κ2) is 8.74. The standard InChI is InChI=1S/C20H21F3O3/c1-14(17-5-3-4-6-18(17)25-2)13-26-19(24)12-9-15-7-10-16(11-8-15)20(21,22)23/h3-8,10-11,14H,9,12-13H2,1-2H3/t14-/m1/s1. The molecular weight excluding hydrogens is 345 g/mol. The summed E-state index contributed by atoms with van der Waals surface area (Å²) in [6.07, 6.45) is -3.91. The molecule has 2 rings (SSSR count). The van der Waals surface area contributed by atoms with E-state index in [1.807, 2.05) is 31.2 Å². The Bertz CT molecular complexity index is 724. The molecule has 0 aromatic heterocycles. The number of esters is 1. The highest BCUT2D eigenvalue weighted by atomic mass is 19.4. The summed E-state index contributed by atoms with van der Waals surface area (Å²) in [6.45, 7) is 2.15. The SMILES string of the molecule is COc1ccccc1[C@H](C)COC(=O)CCc1ccc(C(F)(F)F)cc1. The Kier molecular flexibility index (Phi) is 6.66. The first kappa shape index (κ1) is 19.8. The van der Waals surface area contributed by atoms with Crippen LogP contribution in [0, 0.1) is 0 Å². The van der Waals surface area contributed by atoms with Gasteiger partial charge in [-0.15, -0.1) is 0 Å². The van der Waals surface area contributed by atoms with Crippen LogP contribution in [0.1, 0.15) is 36.0 Å². The van der Waals surface area contributed by atoms with Crippen molar-refractivity contribution < 1.29 is 27.4 Å². The maximum Gasteiger partial charge on any atom is 0.416 e. The molecule has 0 unspecified atom stereocenters. The fraction of sp³-hybridized carbons (Fsp3) is 0.350. The van der Waals surface area contributed by atoms with E-state index in [-0.39, 0.29) is 24.9 Å². The Morgan fingerprint density at radius 1 is 1.08 bits per heavy atom. The number of rotatable bonds is 7. The lowest BCUT2D eigenvalue weighted by molar-refractivity contribution is -0.144. The zero-order valence-electron chi connectivity index (χ0n) is 14.7. The highest BCUT2D eigenvalue weighted by molar-refractivity contribution is 5.69. The highest BCUT2D eigenvalue weighted by Crippen LogP contribution is 2.29. The molecular formula is C20H21F3O3. The summed E-state index contributed by atoms with van der Waals surface area (Å²) < 4.78 is 48.1. The van der Waals surface area contributed by atoms with Crippen molar-refractivity contribution in [2.75, 3.05) is 13.7 Å². The van der Waals surface area contributed by atoms with E-state index in [1.54, 1.807) is 7.11 Å². The van der Waals surface area contributed by atoms with Gasteiger partial charge in [-0.25, -0.2) is 0 Å². The minimum Gasteiger partial charge on any atom is -0.496 e. The number of hydrogen-bond donors (Lipinski definition) is 0. The summed E-state index contributed by atoms with van der Waals surface area (Å²) in [7, 11) is 1.58. The number of hydrogen-bond acceptors (Lipinski definition) is 3. The lowest BCUT2D eigenvalue weighted by atomic mass is 10.0. The Labute approximate surface area is 150 Å². The van der Waals surface area contributed by atoms with Crippen molar-refractivity contribution in [3.05, 3.63) is 65.2 Å². The first-order valence-electron chi connectivity index (χ1n) is 8.26. The fourth-order valence-electron chi connectivity index (χ4n) is 2.56. The summed E-state index contributed by atoms with van der Waals surface area (Å²) in [4.78, 5) is 11.9. The first-order chi connectivity index (χ1) is 12.3. The summed E-state index contributed by atoms with van der Waals surface area (Å²) in [5, 5.41) is 0. The van der Waals surface area contributed by atoms with Gasteiger partial charge >= 0.3 is 12.1 Å². The third-order valence-corrected chi connectivity index (χ3v) is 4.06. The molecule has 0 spiro atoms. The molecule has 6 heteroatoms. The van der Waals surface area contributed by atoms with Crippen molar-refractivity contribution in [2.24, 2.45) is 0 Å². The van der Waals surface area contributed by atoms with Crippen molar-refractivity contribution in [3.8, 4) is 5.75 Å². The molecule has 0 heterocycles. The molecule has 0 saturated carbocycles. The zero-order valence-corrected chi connectivity index (χ0v) is 14.7. The third-order valence-electron chi connectivity index (χ3n) is 4.06. The van der Waals surface area contributed by atoms with E-state index in [1.165, 1.54) is 12.1 Å². The number of benzene rings is 2. The zero-order chi connectivity index (χ0) is 19.2. The van der Waals surface area contributed by atoms with E-state index in [9.17, 15) is 18.0 Å². The van der Waals surface area contributed by atoms with Gasteiger partial charge in [-0.1, -0.05) is 37.3 Å². The molecule has 0 N–H and O–H groups in total. The van der Waals surface area contributed by atoms with E-state index in [0.29, 0.717) is 12.0 Å². The van der Waals surface area contributed by atoms with Gasteiger partial charge in [-0.05, 0) is 30.2 Å². The molecule has 140 valence electrons. The molecule has 0 bridgehead atoms.